The Morgan fingerprint density at radius 1 is 1.35 bits per heavy atom. The van der Waals surface area contributed by atoms with E-state index in [0.717, 1.165) is 18.6 Å². The van der Waals surface area contributed by atoms with Crippen LogP contribution in [0.3, 0.4) is 0 Å². The van der Waals surface area contributed by atoms with Crippen LogP contribution in [0.2, 0.25) is 0 Å². The normalized spacial score (nSPS) is 14.1. The zero-order valence-electron chi connectivity index (χ0n) is 10.3. The summed E-state index contributed by atoms with van der Waals surface area (Å²) >= 11 is 1.68. The van der Waals surface area contributed by atoms with Gasteiger partial charge in [0.15, 0.2) is 0 Å². The van der Waals surface area contributed by atoms with Crippen LogP contribution in [-0.2, 0) is 9.59 Å². The summed E-state index contributed by atoms with van der Waals surface area (Å²) in [6.45, 7) is 3.41. The van der Waals surface area contributed by atoms with Gasteiger partial charge in [0, 0.05) is 0 Å². The molecule has 0 aliphatic heterocycles. The first-order chi connectivity index (χ1) is 7.99. The summed E-state index contributed by atoms with van der Waals surface area (Å²) in [5.74, 6) is -0.00408. The third-order valence-electron chi connectivity index (χ3n) is 2.19. The fourth-order valence-corrected chi connectivity index (χ4v) is 2.20. The van der Waals surface area contributed by atoms with Crippen molar-refractivity contribution in [3.8, 4) is 0 Å². The molecule has 17 heavy (non-hydrogen) atoms. The largest absolute Gasteiger partial charge is 0.480 e. The van der Waals surface area contributed by atoms with Crippen molar-refractivity contribution in [2.75, 3.05) is 11.5 Å². The number of carbonyl (C=O) groups is 2. The summed E-state index contributed by atoms with van der Waals surface area (Å²) in [5.41, 5.74) is 0. The zero-order chi connectivity index (χ0) is 13.3. The second kappa shape index (κ2) is 9.30. The molecule has 0 saturated heterocycles. The lowest BCUT2D eigenvalue weighted by atomic mass is 10.2. The molecule has 0 aromatic carbocycles. The van der Waals surface area contributed by atoms with Crippen LogP contribution in [0.5, 0.6) is 0 Å². The van der Waals surface area contributed by atoms with Gasteiger partial charge in [0.05, 0.1) is 0 Å². The maximum Gasteiger partial charge on any atom is 0.326 e. The molecule has 2 unspecified atom stereocenters. The van der Waals surface area contributed by atoms with Crippen LogP contribution in [0.4, 0.5) is 0 Å². The van der Waals surface area contributed by atoms with Gasteiger partial charge in [-0.15, -0.1) is 0 Å². The van der Waals surface area contributed by atoms with Gasteiger partial charge in [-0.25, -0.2) is 4.79 Å². The van der Waals surface area contributed by atoms with E-state index in [2.05, 4.69) is 12.2 Å². The van der Waals surface area contributed by atoms with Gasteiger partial charge in [0.25, 0.3) is 0 Å². The predicted octanol–water partition coefficient (Wildman–Crippen LogP) is 0.860. The second-order valence-electron chi connectivity index (χ2n) is 3.83. The zero-order valence-corrected chi connectivity index (χ0v) is 11.1. The Bertz CT molecular complexity index is 246. The first-order valence-electron chi connectivity index (χ1n) is 5.78. The molecule has 0 fully saturated rings. The minimum absolute atomic E-state index is 0.377. The van der Waals surface area contributed by atoms with Gasteiger partial charge < -0.3 is 15.5 Å². The summed E-state index contributed by atoms with van der Waals surface area (Å²) in [4.78, 5) is 22.0. The molecule has 5 nitrogen and oxygen atoms in total. The van der Waals surface area contributed by atoms with E-state index < -0.39 is 24.0 Å². The van der Waals surface area contributed by atoms with Gasteiger partial charge in [-0.1, -0.05) is 13.3 Å². The molecule has 0 spiro atoms. The molecule has 0 aromatic rings. The number of nitrogens with one attached hydrogen (secondary N) is 1. The molecule has 0 bridgehead atoms. The molecule has 2 atom stereocenters. The number of carboxylic acid groups (broad SMARTS) is 1. The van der Waals surface area contributed by atoms with Crippen molar-refractivity contribution in [2.24, 2.45) is 0 Å². The summed E-state index contributed by atoms with van der Waals surface area (Å²) in [5, 5.41) is 20.2. The molecule has 0 aliphatic rings. The van der Waals surface area contributed by atoms with Crippen molar-refractivity contribution in [1.29, 1.82) is 0 Å². The highest BCUT2D eigenvalue weighted by molar-refractivity contribution is 7.99. The van der Waals surface area contributed by atoms with E-state index in [1.165, 1.54) is 6.92 Å². The lowest BCUT2D eigenvalue weighted by Gasteiger charge is -2.15. The van der Waals surface area contributed by atoms with Crippen molar-refractivity contribution in [2.45, 2.75) is 45.3 Å². The monoisotopic (exact) mass is 263 g/mol. The molecular weight excluding hydrogens is 242 g/mol. The van der Waals surface area contributed by atoms with Gasteiger partial charge in [-0.05, 0) is 31.3 Å². The van der Waals surface area contributed by atoms with E-state index in [4.69, 9.17) is 10.2 Å². The van der Waals surface area contributed by atoms with Crippen LogP contribution in [0.1, 0.15) is 33.1 Å². The first kappa shape index (κ1) is 16.2. The second-order valence-corrected chi connectivity index (χ2v) is 5.05. The summed E-state index contributed by atoms with van der Waals surface area (Å²) in [6, 6.07) is -0.911. The van der Waals surface area contributed by atoms with Gasteiger partial charge in [0.2, 0.25) is 5.91 Å². The minimum atomic E-state index is -1.18. The summed E-state index contributed by atoms with van der Waals surface area (Å²) in [7, 11) is 0. The third kappa shape index (κ3) is 8.04. The predicted molar refractivity (Wildman–Crippen MR) is 68.1 cm³/mol. The number of aliphatic carboxylic acids is 1. The van der Waals surface area contributed by atoms with Gasteiger partial charge >= 0.3 is 5.97 Å². The Balaban J connectivity index is 3.91. The molecule has 6 heteroatoms. The summed E-state index contributed by atoms with van der Waals surface area (Å²) < 4.78 is 0. The van der Waals surface area contributed by atoms with E-state index in [1.54, 1.807) is 11.8 Å². The molecule has 0 rings (SSSR count). The van der Waals surface area contributed by atoms with Crippen molar-refractivity contribution < 1.29 is 19.8 Å². The van der Waals surface area contributed by atoms with Crippen molar-refractivity contribution in [3.63, 3.8) is 0 Å². The Hall–Kier alpha value is -0.750. The van der Waals surface area contributed by atoms with E-state index in [1.807, 2.05) is 0 Å². The molecule has 100 valence electrons. The van der Waals surface area contributed by atoms with E-state index in [-0.39, 0.29) is 0 Å². The molecule has 0 aromatic heterocycles. The highest BCUT2D eigenvalue weighted by atomic mass is 32.2. The van der Waals surface area contributed by atoms with Crippen LogP contribution in [0.15, 0.2) is 0 Å². The lowest BCUT2D eigenvalue weighted by Crippen LogP contribution is -2.45. The highest BCUT2D eigenvalue weighted by Crippen LogP contribution is 2.08. The molecule has 0 heterocycles. The SMILES string of the molecule is CCCCSCCC(NC(=O)C(C)O)C(=O)O. The number of amides is 1. The van der Waals surface area contributed by atoms with E-state index >= 15 is 0 Å². The Labute approximate surface area is 106 Å². The molecule has 3 N–H and O–H groups in total. The van der Waals surface area contributed by atoms with Crippen LogP contribution < -0.4 is 5.32 Å². The molecule has 0 aliphatic carbocycles. The standard InChI is InChI=1S/C11H21NO4S/c1-3-4-6-17-7-5-9(11(15)16)12-10(14)8(2)13/h8-9,13H,3-7H2,1-2H3,(H,12,14)(H,15,16). The number of hydrogen-bond donors (Lipinski definition) is 3. The highest BCUT2D eigenvalue weighted by Gasteiger charge is 2.21. The number of rotatable bonds is 9. The maximum absolute atomic E-state index is 11.2. The fourth-order valence-electron chi connectivity index (χ4n) is 1.10. The number of thioether (sulfide) groups is 1. The Morgan fingerprint density at radius 2 is 2.00 bits per heavy atom. The van der Waals surface area contributed by atoms with Crippen LogP contribution in [0.25, 0.3) is 0 Å². The van der Waals surface area contributed by atoms with Gasteiger partial charge in [0.1, 0.15) is 12.1 Å². The van der Waals surface area contributed by atoms with Crippen LogP contribution >= 0.6 is 11.8 Å². The van der Waals surface area contributed by atoms with Crippen molar-refractivity contribution in [1.82, 2.24) is 5.32 Å². The van der Waals surface area contributed by atoms with Gasteiger partial charge in [-0.2, -0.15) is 11.8 Å². The van der Waals surface area contributed by atoms with Gasteiger partial charge in [-0.3, -0.25) is 4.79 Å². The average molecular weight is 263 g/mol. The number of carboxylic acids is 1. The quantitative estimate of drug-likeness (QED) is 0.537. The minimum Gasteiger partial charge on any atom is -0.480 e. The van der Waals surface area contributed by atoms with Crippen molar-refractivity contribution >= 4 is 23.6 Å². The molecule has 1 amide bonds. The van der Waals surface area contributed by atoms with E-state index in [9.17, 15) is 9.59 Å². The first-order valence-corrected chi connectivity index (χ1v) is 6.93. The number of aliphatic hydroxyl groups excluding tert-OH is 1. The molecular formula is C11H21NO4S. The summed E-state index contributed by atoms with van der Waals surface area (Å²) in [6.07, 6.45) is 1.43. The lowest BCUT2D eigenvalue weighted by molar-refractivity contribution is -0.143. The average Bonchev–Trinajstić information content (AvgIpc) is 2.26. The Morgan fingerprint density at radius 3 is 2.47 bits per heavy atom. The third-order valence-corrected chi connectivity index (χ3v) is 3.29. The van der Waals surface area contributed by atoms with Crippen molar-refractivity contribution in [3.05, 3.63) is 0 Å². The number of aliphatic hydroxyl groups is 1. The smallest absolute Gasteiger partial charge is 0.326 e. The molecule has 0 saturated carbocycles. The molecule has 0 radical (unpaired) electrons. The van der Waals surface area contributed by atoms with Crippen LogP contribution in [0, 0.1) is 0 Å². The topological polar surface area (TPSA) is 86.6 Å². The number of carbonyl (C=O) groups excluding carboxylic acids is 1. The number of unbranched alkanes of at least 4 members (excludes halogenated alkanes) is 1. The maximum atomic E-state index is 11.2. The Kier molecular flexibility index (Phi) is 8.89. The van der Waals surface area contributed by atoms with E-state index in [0.29, 0.717) is 12.2 Å². The number of hydrogen-bond acceptors (Lipinski definition) is 4. The fraction of sp³-hybridized carbons (Fsp3) is 0.818. The van der Waals surface area contributed by atoms with Crippen LogP contribution in [-0.4, -0.2) is 45.7 Å².